The van der Waals surface area contributed by atoms with Crippen LogP contribution in [0.4, 0.5) is 17.1 Å². The van der Waals surface area contributed by atoms with E-state index in [0.717, 1.165) is 26.3 Å². The standard InChI is InChI=1S/C14H20N2O4S.C13H17NO3.C12H18N2O3S.C10H21NO2.C9H19NO4S.C6H12O2/c1-5-14(3,4)13(18)15-11-6-8-12(9-7-11)21(19,20)16-10(2)17;1-4-13(2,3)12(17)14-10-7-5-9(6-8-10)11(15)16;1-4-12(2,3)11(15)14-9-5-7-10(8-6-9)18(13,16)17;1-6-10(2,3)9(12)13-8-7-11(4)5;1-6-8(2,3)7(11)10-9(4,5)15(12,13)14;1-4-6(2,3)5(7)8/h6-9H,5H2,1-4H3,(H,15,18)(H,16,17);5-8H,4H2,1-3H3,(H,14,17)(H,15,16);5-8H,4H2,1-3H3,(H,14,15)(H2,13,16,17);6-8H2,1-5H3;6H2,1-5H3,(H,10,11)(H,12,13,14);4H2,1-3H3,(H,7,8). The van der Waals surface area contributed by atoms with Crippen LogP contribution in [0.5, 0.6) is 0 Å². The van der Waals surface area contributed by atoms with Gasteiger partial charge in [0.25, 0.3) is 20.1 Å². The number of aromatic carboxylic acids is 1. The molecule has 3 aromatic rings. The third-order valence-corrected chi connectivity index (χ3v) is 19.0. The average molecular weight is 1360 g/mol. The summed E-state index contributed by atoms with van der Waals surface area (Å²) in [6.07, 6.45) is 4.23. The predicted octanol–water partition coefficient (Wildman–Crippen LogP) is 10.6. The van der Waals surface area contributed by atoms with Crippen molar-refractivity contribution in [1.29, 1.82) is 0 Å². The molecule has 3 aromatic carbocycles. The highest BCUT2D eigenvalue weighted by atomic mass is 32.2. The van der Waals surface area contributed by atoms with Crippen LogP contribution in [0.2, 0.25) is 0 Å². The first kappa shape index (κ1) is 89.3. The highest BCUT2D eigenvalue weighted by Gasteiger charge is 2.38. The van der Waals surface area contributed by atoms with Crippen molar-refractivity contribution in [3.05, 3.63) is 78.4 Å². The summed E-state index contributed by atoms with van der Waals surface area (Å²) in [5, 5.41) is 32.7. The van der Waals surface area contributed by atoms with Crippen molar-refractivity contribution < 1.29 is 83.1 Å². The van der Waals surface area contributed by atoms with Crippen molar-refractivity contribution in [1.82, 2.24) is 14.9 Å². The fourth-order valence-corrected chi connectivity index (χ4v) is 6.98. The maximum absolute atomic E-state index is 12.0. The Morgan fingerprint density at radius 1 is 0.478 bits per heavy atom. The van der Waals surface area contributed by atoms with Gasteiger partial charge < -0.3 is 41.1 Å². The monoisotopic (exact) mass is 1360 g/mol. The van der Waals surface area contributed by atoms with Crippen LogP contribution in [0.25, 0.3) is 0 Å². The average Bonchev–Trinajstić information content (AvgIpc) is 0.871. The Hall–Kier alpha value is -6.85. The highest BCUT2D eigenvalue weighted by molar-refractivity contribution is 7.90. The number of amides is 5. The van der Waals surface area contributed by atoms with Crippen LogP contribution in [-0.2, 0) is 68.5 Å². The van der Waals surface area contributed by atoms with Gasteiger partial charge in [0.05, 0.1) is 26.2 Å². The lowest BCUT2D eigenvalue weighted by molar-refractivity contribution is -0.154. The smallest absolute Gasteiger partial charge is 0.335 e. The lowest BCUT2D eigenvalue weighted by atomic mass is 9.89. The Morgan fingerprint density at radius 3 is 1.03 bits per heavy atom. The zero-order valence-electron chi connectivity index (χ0n) is 58.3. The molecule has 3 rings (SSSR count). The minimum Gasteiger partial charge on any atom is -0.481 e. The minimum absolute atomic E-state index is 0.0234. The number of aliphatic carboxylic acids is 1. The molecule has 0 atom stereocenters. The number of nitrogens with two attached hydrogens (primary N) is 1. The van der Waals surface area contributed by atoms with E-state index in [1.54, 1.807) is 39.8 Å². The van der Waals surface area contributed by atoms with Crippen molar-refractivity contribution >= 4 is 94.7 Å². The molecule has 0 spiro atoms. The Kier molecular flexibility index (Phi) is 36.7. The first-order valence-corrected chi connectivity index (χ1v) is 34.3. The van der Waals surface area contributed by atoms with Crippen LogP contribution >= 0.6 is 0 Å². The second-order valence-electron chi connectivity index (χ2n) is 26.1. The molecule has 5 amide bonds. The molecule has 0 aliphatic heterocycles. The van der Waals surface area contributed by atoms with Gasteiger partial charge in [0.1, 0.15) is 6.61 Å². The minimum atomic E-state index is -4.30. The molecule has 0 aromatic heterocycles. The molecule has 0 heterocycles. The van der Waals surface area contributed by atoms with Crippen LogP contribution in [-0.4, -0.2) is 124 Å². The highest BCUT2D eigenvalue weighted by Crippen LogP contribution is 2.27. The number of esters is 1. The van der Waals surface area contributed by atoms with Crippen molar-refractivity contribution in [3.63, 3.8) is 0 Å². The van der Waals surface area contributed by atoms with Crippen LogP contribution in [0.15, 0.2) is 82.6 Å². The molecule has 92 heavy (non-hydrogen) atoms. The molecule has 25 nitrogen and oxygen atoms in total. The van der Waals surface area contributed by atoms with Gasteiger partial charge in [-0.05, 0) is 167 Å². The third-order valence-electron chi connectivity index (χ3n) is 15.3. The molecule has 524 valence electrons. The first-order valence-electron chi connectivity index (χ1n) is 29.8. The number of likely N-dealkylation sites (N-methyl/N-ethyl adjacent to an activating group) is 1. The summed E-state index contributed by atoms with van der Waals surface area (Å²) >= 11 is 0. The van der Waals surface area contributed by atoms with Crippen LogP contribution in [0.1, 0.15) is 194 Å². The molecule has 0 unspecified atom stereocenters. The number of carbonyl (C=O) groups is 8. The number of nitrogens with zero attached hydrogens (tertiary/aromatic N) is 1. The van der Waals surface area contributed by atoms with Gasteiger partial charge in [-0.2, -0.15) is 8.42 Å². The van der Waals surface area contributed by atoms with Crippen LogP contribution < -0.4 is 31.1 Å². The maximum Gasteiger partial charge on any atom is 0.335 e. The summed E-state index contributed by atoms with van der Waals surface area (Å²) in [7, 11) is -7.93. The molecule has 0 bridgehead atoms. The predicted molar refractivity (Wildman–Crippen MR) is 360 cm³/mol. The zero-order valence-corrected chi connectivity index (χ0v) is 60.7. The Labute approximate surface area is 547 Å². The Balaban J connectivity index is -0.00000105. The van der Waals surface area contributed by atoms with E-state index in [1.807, 2.05) is 121 Å². The SMILES string of the molecule is CCC(C)(C)C(=O)NC(C)(C)S(=O)(=O)O.CCC(C)(C)C(=O)Nc1ccc(C(=O)O)cc1.CCC(C)(C)C(=O)Nc1ccc(S(=O)(=O)NC(C)=O)cc1.CCC(C)(C)C(=O)Nc1ccc(S(N)(=O)=O)cc1.CCC(C)(C)C(=O)O.CCC(C)(C)C(=O)OCCN(C)C. The normalized spacial score (nSPS) is 12.0. The van der Waals surface area contributed by atoms with Crippen molar-refractivity contribution in [3.8, 4) is 0 Å². The summed E-state index contributed by atoms with van der Waals surface area (Å²) in [6, 6.07) is 17.5. The first-order chi connectivity index (χ1) is 41.5. The number of benzene rings is 3. The van der Waals surface area contributed by atoms with Gasteiger partial charge >= 0.3 is 17.9 Å². The number of ether oxygens (including phenoxy) is 1. The number of hydrogen-bond acceptors (Lipinski definition) is 16. The number of rotatable bonds is 24. The van der Waals surface area contributed by atoms with Gasteiger partial charge in [-0.3, -0.25) is 38.1 Å². The molecule has 0 aliphatic rings. The van der Waals surface area contributed by atoms with E-state index in [1.165, 1.54) is 74.5 Å². The van der Waals surface area contributed by atoms with Gasteiger partial charge in [0.2, 0.25) is 39.6 Å². The third kappa shape index (κ3) is 33.1. The summed E-state index contributed by atoms with van der Waals surface area (Å²) in [4.78, 5) is 90.9. The molecule has 10 N–H and O–H groups in total. The van der Waals surface area contributed by atoms with E-state index in [0.29, 0.717) is 49.4 Å². The molecular formula is C64H107N7O18S3. The number of sulfonamides is 2. The summed E-state index contributed by atoms with van der Waals surface area (Å²) < 4.78 is 83.4. The van der Waals surface area contributed by atoms with E-state index in [9.17, 15) is 63.6 Å². The molecular weight excluding hydrogens is 1250 g/mol. The number of carboxylic acids is 2. The van der Waals surface area contributed by atoms with E-state index in [-0.39, 0.29) is 44.5 Å². The molecule has 0 radical (unpaired) electrons. The molecule has 0 aliphatic carbocycles. The second kappa shape index (κ2) is 37.7. The van der Waals surface area contributed by atoms with Crippen molar-refractivity contribution in [2.45, 2.75) is 199 Å². The van der Waals surface area contributed by atoms with Gasteiger partial charge in [-0.15, -0.1) is 0 Å². The van der Waals surface area contributed by atoms with E-state index in [4.69, 9.17) is 24.6 Å². The van der Waals surface area contributed by atoms with Crippen molar-refractivity contribution in [2.24, 2.45) is 37.6 Å². The van der Waals surface area contributed by atoms with Crippen LogP contribution in [0, 0.1) is 32.5 Å². The maximum atomic E-state index is 12.0. The quantitative estimate of drug-likeness (QED) is 0.0297. The van der Waals surface area contributed by atoms with E-state index < -0.39 is 85.9 Å². The van der Waals surface area contributed by atoms with Gasteiger partial charge in [-0.25, -0.2) is 31.5 Å². The van der Waals surface area contributed by atoms with Crippen molar-refractivity contribution in [2.75, 3.05) is 43.2 Å². The van der Waals surface area contributed by atoms with Gasteiger partial charge in [-0.1, -0.05) is 96.9 Å². The summed E-state index contributed by atoms with van der Waals surface area (Å²) in [6.45, 7) is 38.1. The number of hydrogen-bond donors (Lipinski definition) is 9. The Morgan fingerprint density at radius 2 is 0.783 bits per heavy atom. The topological polar surface area (TPSA) is 398 Å². The number of carboxylic acid groups (broad SMARTS) is 2. The van der Waals surface area contributed by atoms with Gasteiger partial charge in [0.15, 0.2) is 4.87 Å². The van der Waals surface area contributed by atoms with E-state index >= 15 is 0 Å². The molecule has 0 saturated carbocycles. The number of primary sulfonamides is 1. The molecule has 28 heteroatoms. The van der Waals surface area contributed by atoms with E-state index in [2.05, 4.69) is 21.3 Å². The van der Waals surface area contributed by atoms with Gasteiger partial charge in [0, 0.05) is 52.2 Å². The lowest BCUT2D eigenvalue weighted by Crippen LogP contribution is -2.53. The number of nitrogens with one attached hydrogen (secondary N) is 5. The van der Waals surface area contributed by atoms with Crippen LogP contribution in [0.3, 0.4) is 0 Å². The zero-order chi connectivity index (χ0) is 73.0. The number of carbonyl (C=O) groups excluding carboxylic acids is 6. The largest absolute Gasteiger partial charge is 0.481 e. The summed E-state index contributed by atoms with van der Waals surface area (Å²) in [5.74, 6) is -3.16. The second-order valence-corrected chi connectivity index (χ2v) is 31.3. The Bertz CT molecular complexity index is 3250. The lowest BCUT2D eigenvalue weighted by Gasteiger charge is -2.29. The molecule has 0 saturated heterocycles. The molecule has 0 fully saturated rings. The fraction of sp³-hybridized carbons (Fsp3) is 0.594. The fourth-order valence-electron chi connectivity index (χ4n) is 5.25. The summed E-state index contributed by atoms with van der Waals surface area (Å²) in [5.41, 5.74) is -1.05. The number of anilines is 3.